The topological polar surface area (TPSA) is 61.8 Å². The van der Waals surface area contributed by atoms with Crippen LogP contribution in [0.4, 0.5) is 0 Å². The Hall–Kier alpha value is -1.88. The highest BCUT2D eigenvalue weighted by Crippen LogP contribution is 2.17. The molecule has 1 aromatic rings. The monoisotopic (exact) mass is 476 g/mol. The van der Waals surface area contributed by atoms with Gasteiger partial charge in [0, 0.05) is 13.7 Å². The van der Waals surface area contributed by atoms with Gasteiger partial charge in [-0.3, -0.25) is 0 Å². The maximum Gasteiger partial charge on any atom is 0.339 e. The van der Waals surface area contributed by atoms with Gasteiger partial charge >= 0.3 is 11.9 Å². The molecule has 0 bridgehead atoms. The molecular formula is C29H48O5. The number of unbranched alkanes of at least 4 members (excludes halogenated alkanes) is 10. The SMILES string of the molecule is CCCCCCCCCCCCOC(=O)c1ccccc1C(=O)OCC(CCCC)CCOC. The zero-order valence-corrected chi connectivity index (χ0v) is 21.9. The lowest BCUT2D eigenvalue weighted by atomic mass is 10.00. The minimum Gasteiger partial charge on any atom is -0.462 e. The molecule has 1 atom stereocenters. The summed E-state index contributed by atoms with van der Waals surface area (Å²) in [6.45, 7) is 5.76. The molecule has 1 aromatic carbocycles. The van der Waals surface area contributed by atoms with Crippen LogP contribution in [-0.4, -0.2) is 38.9 Å². The first-order chi connectivity index (χ1) is 16.6. The molecule has 194 valence electrons. The largest absolute Gasteiger partial charge is 0.462 e. The van der Waals surface area contributed by atoms with Crippen LogP contribution in [0.5, 0.6) is 0 Å². The molecule has 34 heavy (non-hydrogen) atoms. The quantitative estimate of drug-likeness (QED) is 0.134. The fraction of sp³-hybridized carbons (Fsp3) is 0.724. The lowest BCUT2D eigenvalue weighted by Crippen LogP contribution is -2.19. The molecule has 0 aliphatic carbocycles. The predicted octanol–water partition coefficient (Wildman–Crippen LogP) is 7.76. The van der Waals surface area contributed by atoms with Crippen molar-refractivity contribution in [3.63, 3.8) is 0 Å². The lowest BCUT2D eigenvalue weighted by molar-refractivity contribution is 0.0381. The molecule has 0 heterocycles. The summed E-state index contributed by atoms with van der Waals surface area (Å²) < 4.78 is 16.2. The molecule has 1 unspecified atom stereocenters. The van der Waals surface area contributed by atoms with E-state index in [1.807, 2.05) is 0 Å². The normalized spacial score (nSPS) is 11.9. The van der Waals surface area contributed by atoms with E-state index in [0.717, 1.165) is 38.5 Å². The first-order valence-electron chi connectivity index (χ1n) is 13.6. The van der Waals surface area contributed by atoms with Gasteiger partial charge < -0.3 is 14.2 Å². The van der Waals surface area contributed by atoms with Gasteiger partial charge in [0.05, 0.1) is 24.3 Å². The Morgan fingerprint density at radius 3 is 1.76 bits per heavy atom. The molecule has 0 amide bonds. The highest BCUT2D eigenvalue weighted by Gasteiger charge is 2.20. The summed E-state index contributed by atoms with van der Waals surface area (Å²) in [5, 5.41) is 0. The standard InChI is InChI=1S/C29H48O5/c1-4-6-8-9-10-11-12-13-14-17-22-33-28(30)26-19-15-16-20-27(26)29(31)34-24-25(18-7-5-2)21-23-32-3/h15-16,19-20,25H,4-14,17-18,21-24H2,1-3H3. The van der Waals surface area contributed by atoms with Crippen LogP contribution in [0.1, 0.15) is 124 Å². The van der Waals surface area contributed by atoms with E-state index in [-0.39, 0.29) is 17.0 Å². The van der Waals surface area contributed by atoms with Gasteiger partial charge in [-0.2, -0.15) is 0 Å². The van der Waals surface area contributed by atoms with E-state index >= 15 is 0 Å². The minimum atomic E-state index is -0.467. The Labute approximate surface area is 207 Å². The maximum absolute atomic E-state index is 12.7. The summed E-state index contributed by atoms with van der Waals surface area (Å²) in [7, 11) is 1.68. The molecule has 0 N–H and O–H groups in total. The van der Waals surface area contributed by atoms with Crippen molar-refractivity contribution in [2.24, 2.45) is 5.92 Å². The van der Waals surface area contributed by atoms with Crippen molar-refractivity contribution < 1.29 is 23.8 Å². The Kier molecular flexibility index (Phi) is 18.2. The van der Waals surface area contributed by atoms with Crippen molar-refractivity contribution in [2.75, 3.05) is 26.9 Å². The van der Waals surface area contributed by atoms with Crippen molar-refractivity contribution in [3.8, 4) is 0 Å². The fourth-order valence-corrected chi connectivity index (χ4v) is 4.03. The second-order valence-electron chi connectivity index (χ2n) is 9.25. The van der Waals surface area contributed by atoms with Crippen LogP contribution in [-0.2, 0) is 14.2 Å². The maximum atomic E-state index is 12.7. The second kappa shape index (κ2) is 20.5. The molecule has 0 radical (unpaired) electrons. The summed E-state index contributed by atoms with van der Waals surface area (Å²) in [6.07, 6.45) is 16.3. The number of ether oxygens (including phenoxy) is 3. The molecule has 0 aliphatic rings. The molecule has 0 fully saturated rings. The van der Waals surface area contributed by atoms with Crippen LogP contribution in [0, 0.1) is 5.92 Å². The number of carbonyl (C=O) groups excluding carboxylic acids is 2. The number of carbonyl (C=O) groups is 2. The molecule has 5 heteroatoms. The van der Waals surface area contributed by atoms with Gasteiger partial charge in [-0.15, -0.1) is 0 Å². The smallest absolute Gasteiger partial charge is 0.339 e. The zero-order chi connectivity index (χ0) is 24.9. The third kappa shape index (κ3) is 13.7. The zero-order valence-electron chi connectivity index (χ0n) is 21.9. The number of methoxy groups -OCH3 is 1. The first-order valence-corrected chi connectivity index (χ1v) is 13.6. The number of hydrogen-bond donors (Lipinski definition) is 0. The lowest BCUT2D eigenvalue weighted by Gasteiger charge is -2.17. The van der Waals surface area contributed by atoms with Crippen LogP contribution < -0.4 is 0 Å². The van der Waals surface area contributed by atoms with Crippen molar-refractivity contribution in [2.45, 2.75) is 104 Å². The number of rotatable bonds is 21. The van der Waals surface area contributed by atoms with Crippen molar-refractivity contribution in [1.82, 2.24) is 0 Å². The van der Waals surface area contributed by atoms with Gasteiger partial charge in [0.2, 0.25) is 0 Å². The molecule has 0 aromatic heterocycles. The van der Waals surface area contributed by atoms with E-state index < -0.39 is 11.9 Å². The number of hydrogen-bond acceptors (Lipinski definition) is 5. The van der Waals surface area contributed by atoms with Crippen LogP contribution in [0.15, 0.2) is 24.3 Å². The summed E-state index contributed by atoms with van der Waals surface area (Å²) in [5.41, 5.74) is 0.554. The van der Waals surface area contributed by atoms with Crippen LogP contribution in [0.3, 0.4) is 0 Å². The molecular weight excluding hydrogens is 428 g/mol. The molecule has 1 rings (SSSR count). The fourth-order valence-electron chi connectivity index (χ4n) is 4.03. The molecule has 0 spiro atoms. The summed E-state index contributed by atoms with van der Waals surface area (Å²) in [4.78, 5) is 25.3. The molecule has 0 aliphatic heterocycles. The average molecular weight is 477 g/mol. The van der Waals surface area contributed by atoms with Crippen LogP contribution in [0.25, 0.3) is 0 Å². The summed E-state index contributed by atoms with van der Waals surface area (Å²) in [5.74, 6) is -0.657. The Bertz CT molecular complexity index is 650. The van der Waals surface area contributed by atoms with Crippen molar-refractivity contribution in [3.05, 3.63) is 35.4 Å². The van der Waals surface area contributed by atoms with E-state index in [1.54, 1.807) is 31.4 Å². The van der Waals surface area contributed by atoms with Crippen LogP contribution in [0.2, 0.25) is 0 Å². The van der Waals surface area contributed by atoms with Gasteiger partial charge in [0.15, 0.2) is 0 Å². The first kappa shape index (κ1) is 30.2. The van der Waals surface area contributed by atoms with Crippen molar-refractivity contribution >= 4 is 11.9 Å². The molecule has 5 nitrogen and oxygen atoms in total. The van der Waals surface area contributed by atoms with Gasteiger partial charge in [-0.25, -0.2) is 9.59 Å². The number of benzene rings is 1. The van der Waals surface area contributed by atoms with E-state index in [4.69, 9.17) is 14.2 Å². The summed E-state index contributed by atoms with van der Waals surface area (Å²) >= 11 is 0. The highest BCUT2D eigenvalue weighted by molar-refractivity contribution is 6.03. The average Bonchev–Trinajstić information content (AvgIpc) is 2.86. The third-order valence-corrected chi connectivity index (χ3v) is 6.24. The Morgan fingerprint density at radius 1 is 0.676 bits per heavy atom. The minimum absolute atomic E-state index is 0.263. The van der Waals surface area contributed by atoms with E-state index in [1.165, 1.54) is 51.4 Å². The third-order valence-electron chi connectivity index (χ3n) is 6.24. The molecule has 0 saturated heterocycles. The van der Waals surface area contributed by atoms with Gasteiger partial charge in [-0.05, 0) is 37.3 Å². The van der Waals surface area contributed by atoms with E-state index in [0.29, 0.717) is 19.8 Å². The number of esters is 2. The predicted molar refractivity (Wildman–Crippen MR) is 138 cm³/mol. The Morgan fingerprint density at radius 2 is 1.21 bits per heavy atom. The van der Waals surface area contributed by atoms with Gasteiger partial charge in [-0.1, -0.05) is 96.6 Å². The van der Waals surface area contributed by atoms with Crippen LogP contribution >= 0.6 is 0 Å². The molecule has 0 saturated carbocycles. The van der Waals surface area contributed by atoms with Crippen molar-refractivity contribution in [1.29, 1.82) is 0 Å². The highest BCUT2D eigenvalue weighted by atomic mass is 16.5. The second-order valence-corrected chi connectivity index (χ2v) is 9.25. The van der Waals surface area contributed by atoms with E-state index in [9.17, 15) is 9.59 Å². The summed E-state index contributed by atoms with van der Waals surface area (Å²) in [6, 6.07) is 6.76. The van der Waals surface area contributed by atoms with Gasteiger partial charge in [0.1, 0.15) is 0 Å². The Balaban J connectivity index is 2.38. The van der Waals surface area contributed by atoms with Gasteiger partial charge in [0.25, 0.3) is 0 Å². The van der Waals surface area contributed by atoms with E-state index in [2.05, 4.69) is 13.8 Å².